The minimum absolute atomic E-state index is 0.861. The first-order chi connectivity index (χ1) is 4.70. The second-order valence-corrected chi connectivity index (χ2v) is 4.91. The normalized spacial score (nSPS) is 34.8. The molecule has 1 saturated heterocycles. The van der Waals surface area contributed by atoms with Gasteiger partial charge in [0.05, 0.1) is 25.4 Å². The van der Waals surface area contributed by atoms with E-state index in [9.17, 15) is 0 Å². The van der Waals surface area contributed by atoms with E-state index in [0.29, 0.717) is 0 Å². The molecule has 0 aromatic rings. The summed E-state index contributed by atoms with van der Waals surface area (Å²) in [6, 6.07) is 0. The first-order valence-corrected chi connectivity index (χ1v) is 5.18. The fraction of sp³-hybridized carbons (Fsp3) is 1.00. The maximum atomic E-state index is 2.33. The maximum absolute atomic E-state index is 2.33. The molecule has 0 aliphatic carbocycles. The highest BCUT2D eigenvalue weighted by Crippen LogP contribution is 2.18. The van der Waals surface area contributed by atoms with Crippen molar-refractivity contribution in [3.63, 3.8) is 0 Å². The van der Waals surface area contributed by atoms with Crippen molar-refractivity contribution in [2.45, 2.75) is 19.1 Å². The molecule has 0 spiro atoms. The Morgan fingerprint density at radius 3 is 2.60 bits per heavy atom. The van der Waals surface area contributed by atoms with Crippen LogP contribution >= 0.6 is 11.8 Å². The van der Waals surface area contributed by atoms with Crippen molar-refractivity contribution in [1.82, 2.24) is 0 Å². The Morgan fingerprint density at radius 2 is 2.20 bits per heavy atom. The van der Waals surface area contributed by atoms with E-state index in [1.54, 1.807) is 4.90 Å². The zero-order valence-electron chi connectivity index (χ0n) is 7.18. The Bertz CT molecular complexity index is 103. The van der Waals surface area contributed by atoms with Crippen LogP contribution in [0.1, 0.15) is 13.8 Å². The minimum atomic E-state index is 0.861. The molecular formula is C8H18NS+. The van der Waals surface area contributed by atoms with E-state index < -0.39 is 0 Å². The van der Waals surface area contributed by atoms with Crippen LogP contribution < -0.4 is 4.90 Å². The predicted octanol–water partition coefficient (Wildman–Crippen LogP) is 0.273. The second kappa shape index (κ2) is 3.63. The van der Waals surface area contributed by atoms with Gasteiger partial charge in [0.2, 0.25) is 0 Å². The Labute approximate surface area is 68.2 Å². The van der Waals surface area contributed by atoms with Crippen molar-refractivity contribution in [1.29, 1.82) is 0 Å². The molecule has 0 aromatic carbocycles. The average molecular weight is 160 g/mol. The number of hydrogen-bond acceptors (Lipinski definition) is 1. The van der Waals surface area contributed by atoms with E-state index in [1.807, 2.05) is 0 Å². The number of rotatable bonds is 1. The molecule has 1 N–H and O–H groups in total. The van der Waals surface area contributed by atoms with Crippen molar-refractivity contribution in [2.24, 2.45) is 5.92 Å². The number of thioether (sulfide) groups is 1. The van der Waals surface area contributed by atoms with Gasteiger partial charge in [-0.15, -0.1) is 11.8 Å². The van der Waals surface area contributed by atoms with Gasteiger partial charge in [-0.25, -0.2) is 0 Å². The molecule has 1 rings (SSSR count). The summed E-state index contributed by atoms with van der Waals surface area (Å²) in [7, 11) is 2.30. The highest BCUT2D eigenvalue weighted by molar-refractivity contribution is 8.00. The third-order valence-corrected chi connectivity index (χ3v) is 3.73. The van der Waals surface area contributed by atoms with Crippen LogP contribution in [-0.4, -0.2) is 31.1 Å². The first kappa shape index (κ1) is 8.41. The van der Waals surface area contributed by atoms with Gasteiger partial charge < -0.3 is 4.90 Å². The summed E-state index contributed by atoms with van der Waals surface area (Å²) < 4.78 is 0. The quantitative estimate of drug-likeness (QED) is 0.577. The van der Waals surface area contributed by atoms with Crippen LogP contribution in [0.2, 0.25) is 0 Å². The number of nitrogens with one attached hydrogen (secondary N) is 1. The molecule has 0 radical (unpaired) electrons. The van der Waals surface area contributed by atoms with Gasteiger partial charge in [-0.05, 0) is 5.92 Å². The van der Waals surface area contributed by atoms with E-state index in [2.05, 4.69) is 32.7 Å². The smallest absolute Gasteiger partial charge is 0.0892 e. The lowest BCUT2D eigenvalue weighted by Crippen LogP contribution is -3.11. The summed E-state index contributed by atoms with van der Waals surface area (Å²) in [4.78, 5) is 1.71. The summed E-state index contributed by atoms with van der Waals surface area (Å²) in [5, 5.41) is 0.911. The molecule has 1 fully saturated rings. The van der Waals surface area contributed by atoms with Crippen molar-refractivity contribution in [2.75, 3.05) is 25.9 Å². The molecule has 1 heterocycles. The van der Waals surface area contributed by atoms with Gasteiger partial charge in [0.25, 0.3) is 0 Å². The van der Waals surface area contributed by atoms with Crippen LogP contribution in [0.25, 0.3) is 0 Å². The van der Waals surface area contributed by atoms with Crippen LogP contribution in [0.5, 0.6) is 0 Å². The van der Waals surface area contributed by atoms with E-state index in [-0.39, 0.29) is 0 Å². The van der Waals surface area contributed by atoms with Gasteiger partial charge in [0.15, 0.2) is 0 Å². The Morgan fingerprint density at radius 1 is 1.50 bits per heavy atom. The maximum Gasteiger partial charge on any atom is 0.0892 e. The lowest BCUT2D eigenvalue weighted by Gasteiger charge is -2.28. The van der Waals surface area contributed by atoms with Gasteiger partial charge in [-0.2, -0.15) is 0 Å². The highest BCUT2D eigenvalue weighted by Gasteiger charge is 2.22. The fourth-order valence-corrected chi connectivity index (χ4v) is 2.87. The van der Waals surface area contributed by atoms with Crippen LogP contribution in [0.4, 0.5) is 0 Å². The zero-order chi connectivity index (χ0) is 7.56. The third-order valence-electron chi connectivity index (χ3n) is 2.15. The van der Waals surface area contributed by atoms with Crippen LogP contribution in [-0.2, 0) is 0 Å². The molecule has 2 atom stereocenters. The number of quaternary nitrogens is 1. The molecule has 2 unspecified atom stereocenters. The van der Waals surface area contributed by atoms with Crippen LogP contribution in [0, 0.1) is 5.92 Å². The van der Waals surface area contributed by atoms with E-state index in [1.165, 1.54) is 18.8 Å². The Kier molecular flexibility index (Phi) is 3.05. The van der Waals surface area contributed by atoms with E-state index in [0.717, 1.165) is 11.2 Å². The summed E-state index contributed by atoms with van der Waals surface area (Å²) in [6.45, 7) is 7.38. The second-order valence-electron chi connectivity index (χ2n) is 3.56. The Hall–Kier alpha value is 0.310. The fourth-order valence-electron chi connectivity index (χ4n) is 1.32. The molecule has 1 aliphatic heterocycles. The van der Waals surface area contributed by atoms with Crippen LogP contribution in [0.15, 0.2) is 0 Å². The topological polar surface area (TPSA) is 4.44 Å². The van der Waals surface area contributed by atoms with Crippen molar-refractivity contribution >= 4 is 11.8 Å². The molecule has 2 heteroatoms. The van der Waals surface area contributed by atoms with Crippen LogP contribution in [0.3, 0.4) is 0 Å². The lowest BCUT2D eigenvalue weighted by atomic mass is 10.1. The van der Waals surface area contributed by atoms with E-state index >= 15 is 0 Å². The van der Waals surface area contributed by atoms with Crippen molar-refractivity contribution in [3.8, 4) is 0 Å². The first-order valence-electron chi connectivity index (χ1n) is 4.13. The molecule has 0 saturated carbocycles. The predicted molar refractivity (Wildman–Crippen MR) is 47.7 cm³/mol. The molecular weight excluding hydrogens is 142 g/mol. The SMILES string of the molecule is CC(C)C1C[NH+](C)CCS1. The van der Waals surface area contributed by atoms with Crippen molar-refractivity contribution < 1.29 is 4.90 Å². The standard InChI is InChI=1S/C8H17NS/c1-7(2)8-6-9(3)4-5-10-8/h7-8H,4-6H2,1-3H3/p+1. The van der Waals surface area contributed by atoms with Gasteiger partial charge in [0, 0.05) is 5.75 Å². The third kappa shape index (κ3) is 2.17. The molecule has 1 aliphatic rings. The average Bonchev–Trinajstić information content (AvgIpc) is 1.88. The zero-order valence-corrected chi connectivity index (χ0v) is 8.00. The molecule has 10 heavy (non-hydrogen) atoms. The van der Waals surface area contributed by atoms with E-state index in [4.69, 9.17) is 0 Å². The minimum Gasteiger partial charge on any atom is -0.336 e. The molecule has 0 aromatic heterocycles. The van der Waals surface area contributed by atoms with Gasteiger partial charge >= 0.3 is 0 Å². The number of hydrogen-bond donors (Lipinski definition) is 1. The van der Waals surface area contributed by atoms with Gasteiger partial charge in [0.1, 0.15) is 0 Å². The summed E-state index contributed by atoms with van der Waals surface area (Å²) in [5.74, 6) is 2.22. The highest BCUT2D eigenvalue weighted by atomic mass is 32.2. The molecule has 1 nitrogen and oxygen atoms in total. The largest absolute Gasteiger partial charge is 0.336 e. The summed E-state index contributed by atoms with van der Waals surface area (Å²) >= 11 is 2.15. The molecule has 60 valence electrons. The Balaban J connectivity index is 2.32. The summed E-state index contributed by atoms with van der Waals surface area (Å²) in [5.41, 5.74) is 0. The lowest BCUT2D eigenvalue weighted by molar-refractivity contribution is -0.878. The van der Waals surface area contributed by atoms with Gasteiger partial charge in [-0.3, -0.25) is 0 Å². The van der Waals surface area contributed by atoms with Crippen molar-refractivity contribution in [3.05, 3.63) is 0 Å². The summed E-state index contributed by atoms with van der Waals surface area (Å²) in [6.07, 6.45) is 0. The molecule has 0 bridgehead atoms. The van der Waals surface area contributed by atoms with Gasteiger partial charge in [-0.1, -0.05) is 13.8 Å². The molecule has 0 amide bonds. The monoisotopic (exact) mass is 160 g/mol.